The molecule has 0 bridgehead atoms. The van der Waals surface area contributed by atoms with Gasteiger partial charge in [0.1, 0.15) is 5.75 Å². The van der Waals surface area contributed by atoms with E-state index in [9.17, 15) is 5.11 Å². The summed E-state index contributed by atoms with van der Waals surface area (Å²) in [5.41, 5.74) is 1.09. The number of ether oxygens (including phenoxy) is 1. The second-order valence-corrected chi connectivity index (χ2v) is 5.48. The molecule has 0 aromatic heterocycles. The second-order valence-electron chi connectivity index (χ2n) is 3.77. The molecule has 0 aliphatic carbocycles. The fourth-order valence-electron chi connectivity index (χ4n) is 1.42. The van der Waals surface area contributed by atoms with Crippen LogP contribution in [0.2, 0.25) is 0 Å². The Morgan fingerprint density at radius 3 is 2.44 bits per heavy atom. The number of aromatic hydroxyl groups is 1. The summed E-state index contributed by atoms with van der Waals surface area (Å²) >= 11 is 6.59. The molecule has 18 heavy (non-hydrogen) atoms. The Bertz CT molecular complexity index is 351. The van der Waals surface area contributed by atoms with E-state index in [0.29, 0.717) is 22.2 Å². The molecule has 0 fully saturated rings. The van der Waals surface area contributed by atoms with Crippen molar-refractivity contribution in [1.82, 2.24) is 5.32 Å². The minimum absolute atomic E-state index is 0.0724. The number of aliphatic hydroxyl groups is 1. The highest BCUT2D eigenvalue weighted by atomic mass is 79.9. The molecule has 0 unspecified atom stereocenters. The van der Waals surface area contributed by atoms with Crippen LogP contribution in [-0.4, -0.2) is 36.6 Å². The molecule has 6 heteroatoms. The minimum Gasteiger partial charge on any atom is -0.506 e. The van der Waals surface area contributed by atoms with Gasteiger partial charge in [0.05, 0.1) is 22.2 Å². The molecule has 0 spiro atoms. The minimum atomic E-state index is 0.0724. The number of rotatable bonds is 8. The Morgan fingerprint density at radius 1 is 1.17 bits per heavy atom. The molecule has 0 aliphatic rings. The molecule has 3 N–H and O–H groups in total. The van der Waals surface area contributed by atoms with E-state index in [4.69, 9.17) is 9.84 Å². The van der Waals surface area contributed by atoms with Crippen LogP contribution >= 0.6 is 31.9 Å². The Hall–Kier alpha value is -0.140. The number of nitrogens with one attached hydrogen (secondary N) is 1. The summed E-state index contributed by atoms with van der Waals surface area (Å²) in [6.45, 7) is 2.70. The molecule has 0 radical (unpaired) electrons. The zero-order valence-electron chi connectivity index (χ0n) is 9.96. The van der Waals surface area contributed by atoms with Crippen LogP contribution in [0.1, 0.15) is 12.0 Å². The summed E-state index contributed by atoms with van der Waals surface area (Å²) in [7, 11) is 0. The van der Waals surface area contributed by atoms with E-state index >= 15 is 0 Å². The predicted octanol–water partition coefficient (Wildman–Crippen LogP) is 2.41. The summed E-state index contributed by atoms with van der Waals surface area (Å²) in [6.07, 6.45) is 0.903. The Labute approximate surface area is 124 Å². The Morgan fingerprint density at radius 2 is 1.83 bits per heavy atom. The quantitative estimate of drug-likeness (QED) is 0.604. The lowest BCUT2D eigenvalue weighted by Gasteiger charge is -2.08. The van der Waals surface area contributed by atoms with Crippen LogP contribution in [0.25, 0.3) is 0 Å². The van der Waals surface area contributed by atoms with Crippen molar-refractivity contribution < 1.29 is 14.9 Å². The molecule has 1 rings (SSSR count). The third kappa shape index (κ3) is 5.67. The maximum absolute atomic E-state index is 9.57. The maximum Gasteiger partial charge on any atom is 0.143 e. The average molecular weight is 383 g/mol. The fraction of sp³-hybridized carbons (Fsp3) is 0.500. The molecule has 102 valence electrons. The third-order valence-corrected chi connectivity index (χ3v) is 3.49. The van der Waals surface area contributed by atoms with Crippen molar-refractivity contribution in [2.75, 3.05) is 26.4 Å². The normalized spacial score (nSPS) is 10.8. The average Bonchev–Trinajstić information content (AvgIpc) is 2.34. The van der Waals surface area contributed by atoms with E-state index in [2.05, 4.69) is 37.2 Å². The molecular weight excluding hydrogens is 366 g/mol. The van der Waals surface area contributed by atoms with Crippen molar-refractivity contribution in [1.29, 1.82) is 0 Å². The number of hydrogen-bond donors (Lipinski definition) is 3. The van der Waals surface area contributed by atoms with Crippen molar-refractivity contribution in [2.24, 2.45) is 0 Å². The zero-order chi connectivity index (χ0) is 13.4. The molecule has 0 saturated heterocycles. The van der Waals surface area contributed by atoms with Gasteiger partial charge in [-0.2, -0.15) is 0 Å². The zero-order valence-corrected chi connectivity index (χ0v) is 13.1. The lowest BCUT2D eigenvalue weighted by molar-refractivity contribution is 0.0907. The van der Waals surface area contributed by atoms with Gasteiger partial charge in [-0.1, -0.05) is 0 Å². The summed E-state index contributed by atoms with van der Waals surface area (Å²) in [5.74, 6) is 0.219. The van der Waals surface area contributed by atoms with Gasteiger partial charge in [0.15, 0.2) is 0 Å². The summed E-state index contributed by atoms with van der Waals surface area (Å²) in [4.78, 5) is 0. The van der Waals surface area contributed by atoms with Gasteiger partial charge >= 0.3 is 0 Å². The molecule has 4 nitrogen and oxygen atoms in total. The van der Waals surface area contributed by atoms with E-state index < -0.39 is 0 Å². The van der Waals surface area contributed by atoms with Gasteiger partial charge in [-0.15, -0.1) is 0 Å². The smallest absolute Gasteiger partial charge is 0.143 e. The highest BCUT2D eigenvalue weighted by Crippen LogP contribution is 2.33. The van der Waals surface area contributed by atoms with Gasteiger partial charge in [0.2, 0.25) is 0 Å². The molecule has 1 aromatic rings. The molecule has 0 amide bonds. The number of aliphatic hydroxyl groups excluding tert-OH is 1. The molecule has 0 atom stereocenters. The van der Waals surface area contributed by atoms with Crippen LogP contribution < -0.4 is 5.32 Å². The van der Waals surface area contributed by atoms with E-state index in [1.54, 1.807) is 0 Å². The van der Waals surface area contributed by atoms with Gasteiger partial charge in [-0.3, -0.25) is 0 Å². The van der Waals surface area contributed by atoms with Crippen molar-refractivity contribution in [3.05, 3.63) is 26.6 Å². The van der Waals surface area contributed by atoms with E-state index in [1.165, 1.54) is 0 Å². The number of hydrogen-bond acceptors (Lipinski definition) is 4. The van der Waals surface area contributed by atoms with Gasteiger partial charge in [-0.05, 0) is 62.5 Å². The topological polar surface area (TPSA) is 61.7 Å². The van der Waals surface area contributed by atoms with Crippen LogP contribution in [0.5, 0.6) is 5.75 Å². The molecule has 0 saturated carbocycles. The summed E-state index contributed by atoms with van der Waals surface area (Å²) in [6, 6.07) is 3.77. The van der Waals surface area contributed by atoms with Crippen molar-refractivity contribution in [3.8, 4) is 5.75 Å². The maximum atomic E-state index is 9.57. The van der Waals surface area contributed by atoms with Crippen LogP contribution in [0.15, 0.2) is 21.1 Å². The summed E-state index contributed by atoms with van der Waals surface area (Å²) in [5, 5.41) is 21.4. The first-order valence-corrected chi connectivity index (χ1v) is 7.30. The third-order valence-electron chi connectivity index (χ3n) is 2.28. The number of phenols is 1. The highest BCUT2D eigenvalue weighted by Gasteiger charge is 2.05. The van der Waals surface area contributed by atoms with Gasteiger partial charge in [0.25, 0.3) is 0 Å². The van der Waals surface area contributed by atoms with E-state index in [0.717, 1.165) is 25.1 Å². The van der Waals surface area contributed by atoms with Crippen LogP contribution in [-0.2, 0) is 11.3 Å². The SMILES string of the molecule is OCCOCCCNCc1cc(Br)c(O)c(Br)c1. The van der Waals surface area contributed by atoms with Crippen LogP contribution in [0.4, 0.5) is 0 Å². The molecular formula is C12H17Br2NO3. The molecule has 0 heterocycles. The summed E-state index contributed by atoms with van der Waals surface area (Å²) < 4.78 is 6.51. The van der Waals surface area contributed by atoms with E-state index in [-0.39, 0.29) is 12.4 Å². The Balaban J connectivity index is 2.23. The Kier molecular flexibility index (Phi) is 7.85. The van der Waals surface area contributed by atoms with Crippen molar-refractivity contribution >= 4 is 31.9 Å². The van der Waals surface area contributed by atoms with Gasteiger partial charge in [-0.25, -0.2) is 0 Å². The number of benzene rings is 1. The lowest BCUT2D eigenvalue weighted by Crippen LogP contribution is -2.16. The second kappa shape index (κ2) is 8.87. The standard InChI is InChI=1S/C12H17Br2NO3/c13-10-6-9(7-11(14)12(10)17)8-15-2-1-4-18-5-3-16/h6-7,15-17H,1-5,8H2. The van der Waals surface area contributed by atoms with Crippen molar-refractivity contribution in [2.45, 2.75) is 13.0 Å². The monoisotopic (exact) mass is 381 g/mol. The fourth-order valence-corrected chi connectivity index (χ4v) is 2.70. The predicted molar refractivity (Wildman–Crippen MR) is 77.7 cm³/mol. The van der Waals surface area contributed by atoms with Gasteiger partial charge < -0.3 is 20.3 Å². The van der Waals surface area contributed by atoms with Crippen LogP contribution in [0, 0.1) is 0 Å². The lowest BCUT2D eigenvalue weighted by atomic mass is 10.2. The first kappa shape index (κ1) is 15.9. The molecule has 1 aromatic carbocycles. The van der Waals surface area contributed by atoms with Gasteiger partial charge in [0, 0.05) is 13.2 Å². The largest absolute Gasteiger partial charge is 0.506 e. The van der Waals surface area contributed by atoms with Crippen molar-refractivity contribution in [3.63, 3.8) is 0 Å². The number of phenolic OH excluding ortho intramolecular Hbond substituents is 1. The highest BCUT2D eigenvalue weighted by molar-refractivity contribution is 9.11. The first-order valence-electron chi connectivity index (χ1n) is 5.71. The van der Waals surface area contributed by atoms with E-state index in [1.807, 2.05) is 12.1 Å². The first-order chi connectivity index (χ1) is 8.65. The number of halogens is 2. The van der Waals surface area contributed by atoms with Crippen LogP contribution in [0.3, 0.4) is 0 Å². The molecule has 0 aliphatic heterocycles.